The Labute approximate surface area is 169 Å². The lowest BCUT2D eigenvalue weighted by Gasteiger charge is -2.35. The van der Waals surface area contributed by atoms with Crippen molar-refractivity contribution in [2.24, 2.45) is 0 Å². The molecular weight excluding hydrogens is 370 g/mol. The normalized spacial score (nSPS) is 18.3. The number of urea groups is 1. The first-order chi connectivity index (χ1) is 14.3. The number of rotatable bonds is 3. The molecule has 8 heteroatoms. The van der Waals surface area contributed by atoms with E-state index in [-0.39, 0.29) is 18.9 Å². The van der Waals surface area contributed by atoms with Crippen molar-refractivity contribution in [1.82, 2.24) is 15.3 Å². The van der Waals surface area contributed by atoms with Gasteiger partial charge in [0.1, 0.15) is 12.1 Å². The highest BCUT2D eigenvalue weighted by Gasteiger charge is 2.25. The Hall–Kier alpha value is -3.03. The van der Waals surface area contributed by atoms with E-state index in [0.717, 1.165) is 44.6 Å². The first-order valence-corrected chi connectivity index (χ1v) is 10.3. The predicted molar refractivity (Wildman–Crippen MR) is 109 cm³/mol. The number of aryl methyl sites for hydroxylation is 1. The van der Waals surface area contributed by atoms with Crippen molar-refractivity contribution in [3.05, 3.63) is 35.8 Å². The topological polar surface area (TPSA) is 88.6 Å². The smallest absolute Gasteiger partial charge is 0.319 e. The molecule has 8 nitrogen and oxygen atoms in total. The zero-order valence-electron chi connectivity index (χ0n) is 16.3. The Balaban J connectivity index is 1.16. The molecule has 2 N–H and O–H groups in total. The van der Waals surface area contributed by atoms with E-state index < -0.39 is 0 Å². The molecule has 3 heterocycles. The van der Waals surface area contributed by atoms with Crippen molar-refractivity contribution < 1.29 is 14.3 Å². The Morgan fingerprint density at radius 1 is 1.07 bits per heavy atom. The summed E-state index contributed by atoms with van der Waals surface area (Å²) in [5.74, 6) is 2.46. The molecule has 0 saturated carbocycles. The van der Waals surface area contributed by atoms with Gasteiger partial charge in [-0.2, -0.15) is 0 Å². The van der Waals surface area contributed by atoms with Crippen molar-refractivity contribution in [2.75, 3.05) is 30.1 Å². The maximum absolute atomic E-state index is 12.4. The lowest BCUT2D eigenvalue weighted by Crippen LogP contribution is -2.46. The standard InChI is InChI=1S/C21H25N5O3/c27-21(25-15-5-6-18-19(11-15)29-13-28-18)24-14-7-9-26(10-8-14)20-16-3-1-2-4-17(16)22-12-23-20/h5-6,11-12,14H,1-4,7-10,13H2,(H2,24,25,27). The van der Waals surface area contributed by atoms with Crippen LogP contribution in [0.1, 0.15) is 36.9 Å². The number of carbonyl (C=O) groups is 1. The molecule has 0 atom stereocenters. The van der Waals surface area contributed by atoms with Crippen LogP contribution in [0.3, 0.4) is 0 Å². The van der Waals surface area contributed by atoms with Crippen LogP contribution >= 0.6 is 0 Å². The molecule has 29 heavy (non-hydrogen) atoms. The molecule has 0 unspecified atom stereocenters. The van der Waals surface area contributed by atoms with Crippen LogP contribution in [-0.2, 0) is 12.8 Å². The van der Waals surface area contributed by atoms with Gasteiger partial charge in [-0.05, 0) is 50.7 Å². The fourth-order valence-corrected chi connectivity index (χ4v) is 4.34. The van der Waals surface area contributed by atoms with E-state index in [0.29, 0.717) is 17.2 Å². The maximum Gasteiger partial charge on any atom is 0.319 e. The number of amides is 2. The Morgan fingerprint density at radius 2 is 1.90 bits per heavy atom. The molecule has 2 amide bonds. The number of piperidine rings is 1. The van der Waals surface area contributed by atoms with Crippen LogP contribution in [0.25, 0.3) is 0 Å². The summed E-state index contributed by atoms with van der Waals surface area (Å²) in [7, 11) is 0. The molecule has 2 aromatic rings. The molecule has 3 aliphatic rings. The number of hydrogen-bond acceptors (Lipinski definition) is 6. The van der Waals surface area contributed by atoms with E-state index in [4.69, 9.17) is 9.47 Å². The molecule has 1 saturated heterocycles. The molecule has 152 valence electrons. The third kappa shape index (κ3) is 3.79. The van der Waals surface area contributed by atoms with Gasteiger partial charge in [-0.1, -0.05) is 0 Å². The first-order valence-electron chi connectivity index (χ1n) is 10.3. The minimum absolute atomic E-state index is 0.151. The van der Waals surface area contributed by atoms with Crippen molar-refractivity contribution in [2.45, 2.75) is 44.6 Å². The van der Waals surface area contributed by atoms with Gasteiger partial charge in [0.15, 0.2) is 11.5 Å². The van der Waals surface area contributed by atoms with Crippen molar-refractivity contribution in [3.8, 4) is 11.5 Å². The molecule has 1 aromatic heterocycles. The van der Waals surface area contributed by atoms with Gasteiger partial charge in [0.25, 0.3) is 0 Å². The number of anilines is 2. The zero-order chi connectivity index (χ0) is 19.6. The van der Waals surface area contributed by atoms with Crippen LogP contribution < -0.4 is 25.0 Å². The van der Waals surface area contributed by atoms with Gasteiger partial charge in [0.2, 0.25) is 6.79 Å². The number of benzene rings is 1. The average Bonchev–Trinajstić information content (AvgIpc) is 3.22. The van der Waals surface area contributed by atoms with Crippen LogP contribution in [0.15, 0.2) is 24.5 Å². The molecule has 1 fully saturated rings. The van der Waals surface area contributed by atoms with Crippen molar-refractivity contribution >= 4 is 17.5 Å². The molecule has 0 spiro atoms. The second-order valence-electron chi connectivity index (χ2n) is 7.76. The highest BCUT2D eigenvalue weighted by molar-refractivity contribution is 5.89. The molecular formula is C21H25N5O3. The number of fused-ring (bicyclic) bond motifs is 2. The van der Waals surface area contributed by atoms with Gasteiger partial charge < -0.3 is 25.0 Å². The van der Waals surface area contributed by atoms with E-state index in [1.807, 2.05) is 6.07 Å². The summed E-state index contributed by atoms with van der Waals surface area (Å²) in [6, 6.07) is 5.36. The number of hydrogen-bond donors (Lipinski definition) is 2. The Morgan fingerprint density at radius 3 is 2.79 bits per heavy atom. The lowest BCUT2D eigenvalue weighted by atomic mass is 9.95. The summed E-state index contributed by atoms with van der Waals surface area (Å²) in [6.45, 7) is 2.00. The lowest BCUT2D eigenvalue weighted by molar-refractivity contribution is 0.174. The quantitative estimate of drug-likeness (QED) is 0.831. The fourth-order valence-electron chi connectivity index (χ4n) is 4.34. The van der Waals surface area contributed by atoms with Gasteiger partial charge in [-0.25, -0.2) is 14.8 Å². The molecule has 5 rings (SSSR count). The molecule has 0 radical (unpaired) electrons. The second-order valence-corrected chi connectivity index (χ2v) is 7.76. The number of nitrogens with one attached hydrogen (secondary N) is 2. The van der Waals surface area contributed by atoms with Crippen LogP contribution in [-0.4, -0.2) is 41.9 Å². The summed E-state index contributed by atoms with van der Waals surface area (Å²) in [6.07, 6.45) is 8.05. The van der Waals surface area contributed by atoms with Gasteiger partial charge in [-0.3, -0.25) is 0 Å². The average molecular weight is 395 g/mol. The molecule has 0 bridgehead atoms. The van der Waals surface area contributed by atoms with Crippen LogP contribution in [0.5, 0.6) is 11.5 Å². The third-order valence-electron chi connectivity index (χ3n) is 5.86. The minimum atomic E-state index is -0.193. The number of aromatic nitrogens is 2. The Bertz CT molecular complexity index is 911. The first kappa shape index (κ1) is 18.0. The monoisotopic (exact) mass is 395 g/mol. The third-order valence-corrected chi connectivity index (χ3v) is 5.86. The van der Waals surface area contributed by atoms with Gasteiger partial charge in [0.05, 0.1) is 0 Å². The molecule has 2 aliphatic heterocycles. The summed E-state index contributed by atoms with van der Waals surface area (Å²) in [4.78, 5) is 23.8. The number of nitrogens with zero attached hydrogens (tertiary/aromatic N) is 3. The summed E-state index contributed by atoms with van der Waals surface area (Å²) >= 11 is 0. The molecule has 1 aliphatic carbocycles. The van der Waals surface area contributed by atoms with Crippen LogP contribution in [0, 0.1) is 0 Å². The SMILES string of the molecule is O=C(Nc1ccc2c(c1)OCO2)NC1CCN(c2ncnc3c2CCCC3)CC1. The zero-order valence-corrected chi connectivity index (χ0v) is 16.3. The van der Waals surface area contributed by atoms with Crippen LogP contribution in [0.2, 0.25) is 0 Å². The highest BCUT2D eigenvalue weighted by atomic mass is 16.7. The molecule has 1 aromatic carbocycles. The summed E-state index contributed by atoms with van der Waals surface area (Å²) < 4.78 is 10.7. The minimum Gasteiger partial charge on any atom is -0.454 e. The summed E-state index contributed by atoms with van der Waals surface area (Å²) in [5.41, 5.74) is 3.23. The van der Waals surface area contributed by atoms with Gasteiger partial charge in [0, 0.05) is 42.1 Å². The summed E-state index contributed by atoms with van der Waals surface area (Å²) in [5, 5.41) is 5.97. The van der Waals surface area contributed by atoms with E-state index in [9.17, 15) is 4.79 Å². The number of carbonyl (C=O) groups excluding carboxylic acids is 1. The largest absolute Gasteiger partial charge is 0.454 e. The van der Waals surface area contributed by atoms with E-state index in [1.54, 1.807) is 18.5 Å². The second kappa shape index (κ2) is 7.77. The highest BCUT2D eigenvalue weighted by Crippen LogP contribution is 2.34. The van der Waals surface area contributed by atoms with Crippen LogP contribution in [0.4, 0.5) is 16.3 Å². The maximum atomic E-state index is 12.4. The van der Waals surface area contributed by atoms with E-state index in [1.165, 1.54) is 24.1 Å². The van der Waals surface area contributed by atoms with E-state index >= 15 is 0 Å². The van der Waals surface area contributed by atoms with E-state index in [2.05, 4.69) is 25.5 Å². The van der Waals surface area contributed by atoms with Gasteiger partial charge >= 0.3 is 6.03 Å². The van der Waals surface area contributed by atoms with Gasteiger partial charge in [-0.15, -0.1) is 0 Å². The van der Waals surface area contributed by atoms with Crippen molar-refractivity contribution in [3.63, 3.8) is 0 Å². The van der Waals surface area contributed by atoms with Crippen molar-refractivity contribution in [1.29, 1.82) is 0 Å². The number of ether oxygens (including phenoxy) is 2. The Kier molecular flexibility index (Phi) is 4.83. The predicted octanol–water partition coefficient (Wildman–Crippen LogP) is 2.87. The fraction of sp³-hybridized carbons (Fsp3) is 0.476.